The maximum absolute atomic E-state index is 12.0. The maximum atomic E-state index is 12.0. The Labute approximate surface area is 122 Å². The Hall–Kier alpha value is -1.69. The quantitative estimate of drug-likeness (QED) is 0.654. The second kappa shape index (κ2) is 6.17. The first kappa shape index (κ1) is 14.7. The molecule has 1 amide bonds. The molecule has 2 rings (SSSR count). The summed E-state index contributed by atoms with van der Waals surface area (Å²) in [6, 6.07) is 5.48. The van der Waals surface area contributed by atoms with Gasteiger partial charge in [0.1, 0.15) is 5.52 Å². The SMILES string of the molecule is CCC(C)NC(=O)C(C)Sc1nc2cc(N)ccc2o1. The molecule has 0 saturated carbocycles. The molecule has 0 saturated heterocycles. The number of oxazole rings is 1. The number of benzene rings is 1. The topological polar surface area (TPSA) is 81.2 Å². The van der Waals surface area contributed by atoms with Gasteiger partial charge in [-0.2, -0.15) is 0 Å². The molecule has 0 aliphatic rings. The van der Waals surface area contributed by atoms with Crippen LogP contribution in [0.3, 0.4) is 0 Å². The number of fused-ring (bicyclic) bond motifs is 1. The third-order valence-electron chi connectivity index (χ3n) is 3.04. The first-order valence-corrected chi connectivity index (χ1v) is 7.50. The van der Waals surface area contributed by atoms with Crippen LogP contribution in [0.25, 0.3) is 11.1 Å². The van der Waals surface area contributed by atoms with E-state index in [1.54, 1.807) is 18.2 Å². The largest absolute Gasteiger partial charge is 0.431 e. The fraction of sp³-hybridized carbons (Fsp3) is 0.429. The van der Waals surface area contributed by atoms with E-state index in [2.05, 4.69) is 10.3 Å². The zero-order valence-electron chi connectivity index (χ0n) is 11.8. The second-order valence-corrected chi connectivity index (χ2v) is 6.08. The summed E-state index contributed by atoms with van der Waals surface area (Å²) in [6.07, 6.45) is 0.908. The van der Waals surface area contributed by atoms with Gasteiger partial charge in [-0.15, -0.1) is 0 Å². The molecule has 3 N–H and O–H groups in total. The highest BCUT2D eigenvalue weighted by Crippen LogP contribution is 2.27. The van der Waals surface area contributed by atoms with Gasteiger partial charge in [-0.25, -0.2) is 4.98 Å². The summed E-state index contributed by atoms with van der Waals surface area (Å²) in [5.74, 6) is -0.00822. The number of nitrogen functional groups attached to an aromatic ring is 1. The third-order valence-corrected chi connectivity index (χ3v) is 3.98. The van der Waals surface area contributed by atoms with Crippen molar-refractivity contribution in [3.05, 3.63) is 18.2 Å². The molecule has 0 spiro atoms. The Bertz CT molecular complexity index is 611. The number of thioether (sulfide) groups is 1. The molecule has 20 heavy (non-hydrogen) atoms. The number of amides is 1. The fourth-order valence-electron chi connectivity index (χ4n) is 1.64. The van der Waals surface area contributed by atoms with Crippen molar-refractivity contribution >= 4 is 34.5 Å². The van der Waals surface area contributed by atoms with Crippen LogP contribution in [0.1, 0.15) is 27.2 Å². The van der Waals surface area contributed by atoms with Crippen LogP contribution >= 0.6 is 11.8 Å². The van der Waals surface area contributed by atoms with Crippen LogP contribution in [0.2, 0.25) is 0 Å². The fourth-order valence-corrected chi connectivity index (χ4v) is 2.41. The summed E-state index contributed by atoms with van der Waals surface area (Å²) in [5.41, 5.74) is 7.73. The minimum atomic E-state index is -0.255. The van der Waals surface area contributed by atoms with Crippen molar-refractivity contribution in [3.63, 3.8) is 0 Å². The number of anilines is 1. The molecule has 2 aromatic rings. The summed E-state index contributed by atoms with van der Waals surface area (Å²) in [6.45, 7) is 5.86. The Morgan fingerprint density at radius 3 is 2.95 bits per heavy atom. The summed E-state index contributed by atoms with van der Waals surface area (Å²) < 4.78 is 5.59. The van der Waals surface area contributed by atoms with E-state index in [4.69, 9.17) is 10.2 Å². The van der Waals surface area contributed by atoms with Gasteiger partial charge in [0.15, 0.2) is 5.58 Å². The molecule has 2 atom stereocenters. The predicted octanol–water partition coefficient (Wildman–Crippen LogP) is 2.81. The zero-order valence-corrected chi connectivity index (χ0v) is 12.7. The first-order chi connectivity index (χ1) is 9.49. The molecule has 0 aliphatic carbocycles. The van der Waals surface area contributed by atoms with E-state index in [-0.39, 0.29) is 17.2 Å². The van der Waals surface area contributed by atoms with Crippen molar-refractivity contribution in [3.8, 4) is 0 Å². The van der Waals surface area contributed by atoms with Gasteiger partial charge in [0.2, 0.25) is 5.91 Å². The molecule has 0 radical (unpaired) electrons. The van der Waals surface area contributed by atoms with Crippen LogP contribution in [0.15, 0.2) is 27.8 Å². The lowest BCUT2D eigenvalue weighted by atomic mass is 10.2. The van der Waals surface area contributed by atoms with E-state index in [0.29, 0.717) is 22.0 Å². The van der Waals surface area contributed by atoms with Crippen LogP contribution < -0.4 is 11.1 Å². The number of carbonyl (C=O) groups is 1. The zero-order chi connectivity index (χ0) is 14.7. The Balaban J connectivity index is 2.05. The van der Waals surface area contributed by atoms with Crippen molar-refractivity contribution in [2.75, 3.05) is 5.73 Å². The molecule has 2 unspecified atom stereocenters. The van der Waals surface area contributed by atoms with Crippen LogP contribution in [0, 0.1) is 0 Å². The standard InChI is InChI=1S/C14H19N3O2S/c1-4-8(2)16-13(18)9(3)20-14-17-11-7-10(15)5-6-12(11)19-14/h5-9H,4,15H2,1-3H3,(H,16,18). The molecule has 0 bridgehead atoms. The van der Waals surface area contributed by atoms with Crippen molar-refractivity contribution in [1.29, 1.82) is 0 Å². The van der Waals surface area contributed by atoms with Gasteiger partial charge in [0.05, 0.1) is 5.25 Å². The normalized spacial score (nSPS) is 14.2. The van der Waals surface area contributed by atoms with E-state index < -0.39 is 0 Å². The maximum Gasteiger partial charge on any atom is 0.257 e. The number of nitrogens with two attached hydrogens (primary N) is 1. The van der Waals surface area contributed by atoms with Crippen LogP contribution in [0.5, 0.6) is 0 Å². The first-order valence-electron chi connectivity index (χ1n) is 6.62. The molecule has 108 valence electrons. The minimum absolute atomic E-state index is 0.00822. The van der Waals surface area contributed by atoms with Gasteiger partial charge < -0.3 is 15.5 Å². The molecular formula is C14H19N3O2S. The van der Waals surface area contributed by atoms with Crippen molar-refractivity contribution in [1.82, 2.24) is 10.3 Å². The van der Waals surface area contributed by atoms with Gasteiger partial charge in [0, 0.05) is 11.7 Å². The van der Waals surface area contributed by atoms with Gasteiger partial charge in [-0.3, -0.25) is 4.79 Å². The molecule has 6 heteroatoms. The number of hydrogen-bond acceptors (Lipinski definition) is 5. The van der Waals surface area contributed by atoms with Crippen LogP contribution in [-0.4, -0.2) is 22.2 Å². The Morgan fingerprint density at radius 2 is 2.25 bits per heavy atom. The van der Waals surface area contributed by atoms with Crippen molar-refractivity contribution in [2.45, 2.75) is 43.7 Å². The summed E-state index contributed by atoms with van der Waals surface area (Å²) in [5, 5.41) is 3.17. The summed E-state index contributed by atoms with van der Waals surface area (Å²) in [4.78, 5) is 16.3. The molecule has 1 aromatic carbocycles. The number of aromatic nitrogens is 1. The van der Waals surface area contributed by atoms with Crippen molar-refractivity contribution < 1.29 is 9.21 Å². The van der Waals surface area contributed by atoms with Gasteiger partial charge in [0.25, 0.3) is 5.22 Å². The Kier molecular flexibility index (Phi) is 4.54. The molecule has 1 heterocycles. The van der Waals surface area contributed by atoms with Crippen LogP contribution in [0.4, 0.5) is 5.69 Å². The minimum Gasteiger partial charge on any atom is -0.431 e. The van der Waals surface area contributed by atoms with E-state index in [1.807, 2.05) is 20.8 Å². The predicted molar refractivity (Wildman–Crippen MR) is 81.6 cm³/mol. The second-order valence-electron chi connectivity index (χ2n) is 4.78. The number of rotatable bonds is 5. The lowest BCUT2D eigenvalue weighted by Gasteiger charge is -2.14. The number of hydrogen-bond donors (Lipinski definition) is 2. The highest BCUT2D eigenvalue weighted by atomic mass is 32.2. The molecular weight excluding hydrogens is 274 g/mol. The number of nitrogens with zero attached hydrogens (tertiary/aromatic N) is 1. The van der Waals surface area contributed by atoms with Gasteiger partial charge in [-0.1, -0.05) is 18.7 Å². The third kappa shape index (κ3) is 3.45. The molecule has 0 aliphatic heterocycles. The summed E-state index contributed by atoms with van der Waals surface area (Å²) in [7, 11) is 0. The number of nitrogens with one attached hydrogen (secondary N) is 1. The monoisotopic (exact) mass is 293 g/mol. The Morgan fingerprint density at radius 1 is 1.50 bits per heavy atom. The van der Waals surface area contributed by atoms with E-state index >= 15 is 0 Å². The van der Waals surface area contributed by atoms with Crippen LogP contribution in [-0.2, 0) is 4.79 Å². The van der Waals surface area contributed by atoms with E-state index in [1.165, 1.54) is 11.8 Å². The van der Waals surface area contributed by atoms with Gasteiger partial charge in [-0.05, 0) is 38.5 Å². The van der Waals surface area contributed by atoms with E-state index in [9.17, 15) is 4.79 Å². The smallest absolute Gasteiger partial charge is 0.257 e. The van der Waals surface area contributed by atoms with E-state index in [0.717, 1.165) is 6.42 Å². The highest BCUT2D eigenvalue weighted by Gasteiger charge is 2.19. The lowest BCUT2D eigenvalue weighted by molar-refractivity contribution is -0.120. The summed E-state index contributed by atoms with van der Waals surface area (Å²) >= 11 is 1.31. The van der Waals surface area contributed by atoms with Gasteiger partial charge >= 0.3 is 0 Å². The molecule has 1 aromatic heterocycles. The number of carbonyl (C=O) groups excluding carboxylic acids is 1. The lowest BCUT2D eigenvalue weighted by Crippen LogP contribution is -2.37. The van der Waals surface area contributed by atoms with Crippen molar-refractivity contribution in [2.24, 2.45) is 0 Å². The average Bonchev–Trinajstić information content (AvgIpc) is 2.79. The molecule has 0 fully saturated rings. The molecule has 5 nitrogen and oxygen atoms in total. The highest BCUT2D eigenvalue weighted by molar-refractivity contribution is 8.00. The average molecular weight is 293 g/mol.